The van der Waals surface area contributed by atoms with Gasteiger partial charge in [-0.3, -0.25) is 0 Å². The fraction of sp³-hybridized carbons (Fsp3) is 0.333. The second-order valence-electron chi connectivity index (χ2n) is 0.918. The Balaban J connectivity index is 0.000000250. The first-order chi connectivity index (χ1) is 2.50. The van der Waals surface area contributed by atoms with E-state index in [1.54, 1.807) is 0 Å². The minimum atomic E-state index is 0. The van der Waals surface area contributed by atoms with Crippen molar-refractivity contribution in [1.29, 1.82) is 0 Å². The summed E-state index contributed by atoms with van der Waals surface area (Å²) in [7, 11) is 0. The average molecular weight is 151 g/mol. The molecule has 0 saturated carbocycles. The molecule has 0 spiro atoms. The van der Waals surface area contributed by atoms with Gasteiger partial charge in [0.2, 0.25) is 0 Å². The van der Waals surface area contributed by atoms with Crippen LogP contribution in [-0.2, 0) is 0 Å². The fourth-order valence-electron chi connectivity index (χ4n) is 0.295. The van der Waals surface area contributed by atoms with Gasteiger partial charge in [0.15, 0.2) is 0 Å². The highest BCUT2D eigenvalue weighted by molar-refractivity contribution is 8.93. The second-order valence-corrected chi connectivity index (χ2v) is 0.918. The summed E-state index contributed by atoms with van der Waals surface area (Å²) >= 11 is 0. The van der Waals surface area contributed by atoms with Crippen molar-refractivity contribution in [1.82, 2.24) is 10.6 Å². The van der Waals surface area contributed by atoms with Crippen LogP contribution in [0.5, 0.6) is 0 Å². The lowest BCUT2D eigenvalue weighted by molar-refractivity contribution is 0.836. The monoisotopic (exact) mass is 150 g/mol. The molecule has 6 heavy (non-hydrogen) atoms. The van der Waals surface area contributed by atoms with Gasteiger partial charge in [0.05, 0.1) is 6.67 Å². The van der Waals surface area contributed by atoms with Crippen molar-refractivity contribution in [2.45, 2.75) is 0 Å². The van der Waals surface area contributed by atoms with Crippen molar-refractivity contribution in [2.75, 3.05) is 6.67 Å². The van der Waals surface area contributed by atoms with E-state index in [2.05, 4.69) is 10.6 Å². The molecular weight excluding hydrogens is 144 g/mol. The third kappa shape index (κ3) is 1.31. The minimum Gasteiger partial charge on any atom is -0.373 e. The van der Waals surface area contributed by atoms with Gasteiger partial charge in [0.1, 0.15) is 0 Å². The van der Waals surface area contributed by atoms with Gasteiger partial charge in [0.25, 0.3) is 0 Å². The van der Waals surface area contributed by atoms with E-state index in [4.69, 9.17) is 0 Å². The number of rotatable bonds is 0. The number of nitrogens with one attached hydrogen (secondary N) is 2. The molecule has 36 valence electrons. The topological polar surface area (TPSA) is 24.1 Å². The predicted octanol–water partition coefficient (Wildman–Crippen LogP) is 0.186. The van der Waals surface area contributed by atoms with E-state index in [1.165, 1.54) is 0 Å². The zero-order chi connectivity index (χ0) is 3.54. The van der Waals surface area contributed by atoms with E-state index in [9.17, 15) is 0 Å². The maximum Gasteiger partial charge on any atom is 0.0840 e. The van der Waals surface area contributed by atoms with Crippen molar-refractivity contribution in [3.63, 3.8) is 0 Å². The van der Waals surface area contributed by atoms with Crippen LogP contribution in [-0.4, -0.2) is 6.67 Å². The summed E-state index contributed by atoms with van der Waals surface area (Å²) in [6.45, 7) is 0.889. The lowest BCUT2D eigenvalue weighted by atomic mass is 11.0. The number of hydrogen-bond donors (Lipinski definition) is 2. The molecule has 1 rings (SSSR count). The molecular formula is C3H7BrN2. The Labute approximate surface area is 47.4 Å². The molecule has 2 N–H and O–H groups in total. The van der Waals surface area contributed by atoms with E-state index in [0.29, 0.717) is 0 Å². The molecule has 0 atom stereocenters. The largest absolute Gasteiger partial charge is 0.373 e. The summed E-state index contributed by atoms with van der Waals surface area (Å²) in [6, 6.07) is 0. The molecule has 0 saturated heterocycles. The summed E-state index contributed by atoms with van der Waals surface area (Å²) in [5, 5.41) is 5.86. The third-order valence-corrected chi connectivity index (χ3v) is 0.523. The molecule has 0 bridgehead atoms. The summed E-state index contributed by atoms with van der Waals surface area (Å²) < 4.78 is 0. The smallest absolute Gasteiger partial charge is 0.0840 e. The Kier molecular flexibility index (Phi) is 2.94. The Morgan fingerprint density at radius 3 is 1.83 bits per heavy atom. The van der Waals surface area contributed by atoms with Crippen molar-refractivity contribution < 1.29 is 0 Å². The standard InChI is InChI=1S/C3H6N2.BrH/c1-2-5-3-4-1;/h1-2,4-5H,3H2;1H. The molecule has 1 aliphatic heterocycles. The molecule has 2 nitrogen and oxygen atoms in total. The molecule has 0 unspecified atom stereocenters. The average Bonchev–Trinajstić information content (AvgIpc) is 1.76. The highest BCUT2D eigenvalue weighted by Crippen LogP contribution is 1.65. The second kappa shape index (κ2) is 3.03. The van der Waals surface area contributed by atoms with Crippen molar-refractivity contribution in [3.05, 3.63) is 12.4 Å². The van der Waals surface area contributed by atoms with E-state index < -0.39 is 0 Å². The Morgan fingerprint density at radius 2 is 1.67 bits per heavy atom. The third-order valence-electron chi connectivity index (χ3n) is 0.523. The highest BCUT2D eigenvalue weighted by Gasteiger charge is 1.77. The van der Waals surface area contributed by atoms with Crippen LogP contribution < -0.4 is 10.6 Å². The van der Waals surface area contributed by atoms with E-state index >= 15 is 0 Å². The van der Waals surface area contributed by atoms with Gasteiger partial charge in [0, 0.05) is 12.4 Å². The molecule has 3 heteroatoms. The summed E-state index contributed by atoms with van der Waals surface area (Å²) in [4.78, 5) is 0. The molecule has 0 fully saturated rings. The van der Waals surface area contributed by atoms with Crippen LogP contribution in [0.1, 0.15) is 0 Å². The molecule has 0 aromatic heterocycles. The fourth-order valence-corrected chi connectivity index (χ4v) is 0.295. The van der Waals surface area contributed by atoms with Crippen molar-refractivity contribution in [3.8, 4) is 0 Å². The van der Waals surface area contributed by atoms with Gasteiger partial charge >= 0.3 is 0 Å². The first kappa shape index (κ1) is 5.82. The maximum atomic E-state index is 2.93. The van der Waals surface area contributed by atoms with Crippen LogP contribution in [0.15, 0.2) is 12.4 Å². The van der Waals surface area contributed by atoms with Gasteiger partial charge < -0.3 is 10.6 Å². The Bertz CT molecular complexity index is 46.8. The number of hydrogen-bond acceptors (Lipinski definition) is 2. The Hall–Kier alpha value is -0.180. The van der Waals surface area contributed by atoms with Crippen molar-refractivity contribution in [2.24, 2.45) is 0 Å². The highest BCUT2D eigenvalue weighted by atomic mass is 79.9. The van der Waals surface area contributed by atoms with Gasteiger partial charge in [-0.15, -0.1) is 17.0 Å². The molecule has 0 aliphatic carbocycles. The van der Waals surface area contributed by atoms with Gasteiger partial charge in [-0.25, -0.2) is 0 Å². The molecule has 0 amide bonds. The van der Waals surface area contributed by atoms with E-state index in [1.807, 2.05) is 12.4 Å². The lowest BCUT2D eigenvalue weighted by Gasteiger charge is -1.82. The summed E-state index contributed by atoms with van der Waals surface area (Å²) in [6.07, 6.45) is 3.75. The van der Waals surface area contributed by atoms with Crippen LogP contribution in [0.2, 0.25) is 0 Å². The predicted molar refractivity (Wildman–Crippen MR) is 30.6 cm³/mol. The first-order valence-corrected chi connectivity index (χ1v) is 1.62. The Morgan fingerprint density at radius 1 is 1.17 bits per heavy atom. The zero-order valence-corrected chi connectivity index (χ0v) is 4.98. The minimum absolute atomic E-state index is 0. The molecule has 0 radical (unpaired) electrons. The zero-order valence-electron chi connectivity index (χ0n) is 3.27. The van der Waals surface area contributed by atoms with Crippen molar-refractivity contribution >= 4 is 17.0 Å². The van der Waals surface area contributed by atoms with E-state index in [0.717, 1.165) is 6.67 Å². The lowest BCUT2D eigenvalue weighted by Crippen LogP contribution is -2.10. The normalized spacial score (nSPS) is 14.7. The van der Waals surface area contributed by atoms with E-state index in [-0.39, 0.29) is 17.0 Å². The molecule has 0 aromatic rings. The van der Waals surface area contributed by atoms with Crippen LogP contribution in [0.25, 0.3) is 0 Å². The molecule has 1 heterocycles. The quantitative estimate of drug-likeness (QED) is 0.516. The number of halogens is 1. The van der Waals surface area contributed by atoms with Gasteiger partial charge in [-0.05, 0) is 0 Å². The summed E-state index contributed by atoms with van der Waals surface area (Å²) in [5.74, 6) is 0. The van der Waals surface area contributed by atoms with Crippen LogP contribution >= 0.6 is 17.0 Å². The van der Waals surface area contributed by atoms with Gasteiger partial charge in [-0.2, -0.15) is 0 Å². The van der Waals surface area contributed by atoms with Crippen LogP contribution in [0.3, 0.4) is 0 Å². The van der Waals surface area contributed by atoms with Gasteiger partial charge in [-0.1, -0.05) is 0 Å². The molecule has 1 aliphatic rings. The van der Waals surface area contributed by atoms with Crippen LogP contribution in [0, 0.1) is 0 Å². The first-order valence-electron chi connectivity index (χ1n) is 1.62. The molecule has 0 aromatic carbocycles. The maximum absolute atomic E-state index is 2.93. The summed E-state index contributed by atoms with van der Waals surface area (Å²) in [5.41, 5.74) is 0. The van der Waals surface area contributed by atoms with Crippen LogP contribution in [0.4, 0.5) is 0 Å². The SMILES string of the molecule is Br.C1=CNCN1.